The maximum absolute atomic E-state index is 6.05. The fourth-order valence-electron chi connectivity index (χ4n) is 2.05. The van der Waals surface area contributed by atoms with E-state index in [0.29, 0.717) is 35.6 Å². The van der Waals surface area contributed by atoms with Crippen LogP contribution in [0.15, 0.2) is 36.4 Å². The number of rotatable bonds is 8. The summed E-state index contributed by atoms with van der Waals surface area (Å²) in [5.41, 5.74) is 6.66. The van der Waals surface area contributed by atoms with Crippen molar-refractivity contribution >= 4 is 23.2 Å². The molecule has 0 fully saturated rings. The molecule has 0 unspecified atom stereocenters. The first-order valence-corrected chi connectivity index (χ1v) is 7.97. The topological polar surface area (TPSA) is 53.7 Å². The molecule has 23 heavy (non-hydrogen) atoms. The molecule has 0 saturated heterocycles. The third-order valence-corrected chi connectivity index (χ3v) is 3.71. The number of nitrogens with two attached hydrogens (primary N) is 1. The second-order valence-electron chi connectivity index (χ2n) is 4.78. The van der Waals surface area contributed by atoms with Crippen molar-refractivity contribution in [2.45, 2.75) is 6.42 Å². The fraction of sp³-hybridized carbons (Fsp3) is 0.294. The molecule has 0 radical (unpaired) electrons. The van der Waals surface area contributed by atoms with E-state index in [9.17, 15) is 0 Å². The number of halogens is 2. The molecule has 2 aromatic rings. The SMILES string of the molecule is COc1ccc(CCN)c(OCCOc2ccc(Cl)cc2Cl)c1. The number of benzene rings is 2. The van der Waals surface area contributed by atoms with Crippen LogP contribution in [0.3, 0.4) is 0 Å². The van der Waals surface area contributed by atoms with E-state index in [1.165, 1.54) is 0 Å². The van der Waals surface area contributed by atoms with Crippen LogP contribution in [-0.2, 0) is 6.42 Å². The minimum Gasteiger partial charge on any atom is -0.497 e. The maximum Gasteiger partial charge on any atom is 0.138 e. The summed E-state index contributed by atoms with van der Waals surface area (Å²) in [4.78, 5) is 0. The van der Waals surface area contributed by atoms with Crippen LogP contribution in [-0.4, -0.2) is 26.9 Å². The van der Waals surface area contributed by atoms with E-state index in [1.54, 1.807) is 25.3 Å². The van der Waals surface area contributed by atoms with Crippen LogP contribution in [0.5, 0.6) is 17.2 Å². The molecule has 124 valence electrons. The van der Waals surface area contributed by atoms with Crippen LogP contribution < -0.4 is 19.9 Å². The van der Waals surface area contributed by atoms with E-state index in [1.807, 2.05) is 18.2 Å². The van der Waals surface area contributed by atoms with Gasteiger partial charge in [-0.2, -0.15) is 0 Å². The van der Waals surface area contributed by atoms with Gasteiger partial charge in [0.1, 0.15) is 30.5 Å². The highest BCUT2D eigenvalue weighted by atomic mass is 35.5. The van der Waals surface area contributed by atoms with Crippen molar-refractivity contribution in [2.24, 2.45) is 5.73 Å². The Balaban J connectivity index is 1.92. The minimum absolute atomic E-state index is 0.362. The van der Waals surface area contributed by atoms with Gasteiger partial charge < -0.3 is 19.9 Å². The van der Waals surface area contributed by atoms with E-state index < -0.39 is 0 Å². The van der Waals surface area contributed by atoms with Gasteiger partial charge in [0, 0.05) is 11.1 Å². The standard InChI is InChI=1S/C17H19Cl2NO3/c1-21-14-4-2-12(6-7-20)17(11-14)23-9-8-22-16-5-3-13(18)10-15(16)19/h2-5,10-11H,6-9,20H2,1H3. The molecule has 2 rings (SSSR count). The summed E-state index contributed by atoms with van der Waals surface area (Å²) in [7, 11) is 1.62. The summed E-state index contributed by atoms with van der Waals surface area (Å²) in [6, 6.07) is 10.8. The van der Waals surface area contributed by atoms with Gasteiger partial charge >= 0.3 is 0 Å². The molecule has 0 aromatic heterocycles. The molecule has 2 N–H and O–H groups in total. The van der Waals surface area contributed by atoms with Crippen LogP contribution in [0.1, 0.15) is 5.56 Å². The largest absolute Gasteiger partial charge is 0.497 e. The van der Waals surface area contributed by atoms with E-state index in [-0.39, 0.29) is 0 Å². The van der Waals surface area contributed by atoms with Crippen LogP contribution in [0.2, 0.25) is 10.0 Å². The summed E-state index contributed by atoms with van der Waals surface area (Å²) < 4.78 is 16.6. The average molecular weight is 356 g/mol. The molecule has 0 heterocycles. The lowest BCUT2D eigenvalue weighted by Gasteiger charge is -2.13. The molecular formula is C17H19Cl2NO3. The first kappa shape index (κ1) is 17.7. The van der Waals surface area contributed by atoms with Crippen molar-refractivity contribution in [1.29, 1.82) is 0 Å². The van der Waals surface area contributed by atoms with Crippen LogP contribution in [0, 0.1) is 0 Å². The maximum atomic E-state index is 6.05. The lowest BCUT2D eigenvalue weighted by molar-refractivity contribution is 0.215. The average Bonchev–Trinajstić information content (AvgIpc) is 2.54. The quantitative estimate of drug-likeness (QED) is 0.728. The number of ether oxygens (including phenoxy) is 3. The first-order chi connectivity index (χ1) is 11.1. The lowest BCUT2D eigenvalue weighted by Crippen LogP contribution is -2.11. The van der Waals surface area contributed by atoms with Gasteiger partial charge in [-0.3, -0.25) is 0 Å². The van der Waals surface area contributed by atoms with Gasteiger partial charge in [0.2, 0.25) is 0 Å². The summed E-state index contributed by atoms with van der Waals surface area (Å²) in [5.74, 6) is 2.07. The Kier molecular flexibility index (Phi) is 6.84. The van der Waals surface area contributed by atoms with Gasteiger partial charge in [0.05, 0.1) is 12.1 Å². The predicted octanol–water partition coefficient (Wildman–Crippen LogP) is 3.96. The van der Waals surface area contributed by atoms with E-state index in [0.717, 1.165) is 23.5 Å². The second kappa shape index (κ2) is 8.87. The highest BCUT2D eigenvalue weighted by Crippen LogP contribution is 2.28. The molecule has 0 aliphatic heterocycles. The summed E-state index contributed by atoms with van der Waals surface area (Å²) in [5, 5.41) is 1.05. The van der Waals surface area contributed by atoms with Crippen molar-refractivity contribution in [3.8, 4) is 17.2 Å². The van der Waals surface area contributed by atoms with E-state index in [2.05, 4.69) is 0 Å². The normalized spacial score (nSPS) is 10.4. The van der Waals surface area contributed by atoms with Gasteiger partial charge in [-0.1, -0.05) is 29.3 Å². The minimum atomic E-state index is 0.362. The summed E-state index contributed by atoms with van der Waals surface area (Å²) >= 11 is 11.9. The fourth-order valence-corrected chi connectivity index (χ4v) is 2.52. The van der Waals surface area contributed by atoms with E-state index in [4.69, 9.17) is 43.1 Å². The van der Waals surface area contributed by atoms with Crippen LogP contribution >= 0.6 is 23.2 Å². The highest BCUT2D eigenvalue weighted by Gasteiger charge is 2.07. The highest BCUT2D eigenvalue weighted by molar-refractivity contribution is 6.35. The molecule has 0 saturated carbocycles. The zero-order valence-corrected chi connectivity index (χ0v) is 14.4. The molecular weight excluding hydrogens is 337 g/mol. The van der Waals surface area contributed by atoms with Gasteiger partial charge in [0.15, 0.2) is 0 Å². The molecule has 0 aliphatic carbocycles. The summed E-state index contributed by atoms with van der Waals surface area (Å²) in [6.07, 6.45) is 0.739. The lowest BCUT2D eigenvalue weighted by atomic mass is 10.1. The van der Waals surface area contributed by atoms with Crippen molar-refractivity contribution in [3.63, 3.8) is 0 Å². The zero-order valence-electron chi connectivity index (χ0n) is 12.9. The number of methoxy groups -OCH3 is 1. The Bertz CT molecular complexity index is 650. The Hall–Kier alpha value is -1.62. The molecule has 0 spiro atoms. The van der Waals surface area contributed by atoms with Gasteiger partial charge in [-0.15, -0.1) is 0 Å². The van der Waals surface area contributed by atoms with Gasteiger partial charge in [-0.25, -0.2) is 0 Å². The predicted molar refractivity (Wildman–Crippen MR) is 93.2 cm³/mol. The molecule has 4 nitrogen and oxygen atoms in total. The van der Waals surface area contributed by atoms with E-state index >= 15 is 0 Å². The molecule has 2 aromatic carbocycles. The number of hydrogen-bond acceptors (Lipinski definition) is 4. The Morgan fingerprint density at radius 2 is 1.70 bits per heavy atom. The van der Waals surface area contributed by atoms with Crippen molar-refractivity contribution in [3.05, 3.63) is 52.0 Å². The molecule has 0 bridgehead atoms. The van der Waals surface area contributed by atoms with Crippen molar-refractivity contribution in [1.82, 2.24) is 0 Å². The summed E-state index contributed by atoms with van der Waals surface area (Å²) in [6.45, 7) is 1.30. The Morgan fingerprint density at radius 3 is 2.35 bits per heavy atom. The van der Waals surface area contributed by atoms with Gasteiger partial charge in [-0.05, 0) is 42.8 Å². The zero-order chi connectivity index (χ0) is 16.7. The Labute approximate surface area is 146 Å². The Morgan fingerprint density at radius 1 is 0.957 bits per heavy atom. The smallest absolute Gasteiger partial charge is 0.138 e. The molecule has 0 atom stereocenters. The number of hydrogen-bond donors (Lipinski definition) is 1. The third-order valence-electron chi connectivity index (χ3n) is 3.18. The van der Waals surface area contributed by atoms with Crippen molar-refractivity contribution in [2.75, 3.05) is 26.9 Å². The first-order valence-electron chi connectivity index (χ1n) is 7.21. The monoisotopic (exact) mass is 355 g/mol. The molecule has 0 aliphatic rings. The van der Waals surface area contributed by atoms with Crippen LogP contribution in [0.4, 0.5) is 0 Å². The second-order valence-corrected chi connectivity index (χ2v) is 5.63. The van der Waals surface area contributed by atoms with Gasteiger partial charge in [0.25, 0.3) is 0 Å². The molecule has 0 amide bonds. The third kappa shape index (κ3) is 5.20. The molecule has 6 heteroatoms. The van der Waals surface area contributed by atoms with Crippen LogP contribution in [0.25, 0.3) is 0 Å². The van der Waals surface area contributed by atoms with Crippen molar-refractivity contribution < 1.29 is 14.2 Å².